The molecule has 4 rings (SSSR count). The first-order chi connectivity index (χ1) is 16.0. The molecular weight excluding hydrogens is 457 g/mol. The van der Waals surface area contributed by atoms with E-state index in [9.17, 15) is 32.7 Å². The molecule has 0 aliphatic carbocycles. The van der Waals surface area contributed by atoms with Gasteiger partial charge in [0.15, 0.2) is 5.69 Å². The van der Waals surface area contributed by atoms with Crippen molar-refractivity contribution in [1.29, 1.82) is 0 Å². The summed E-state index contributed by atoms with van der Waals surface area (Å²) in [7, 11) is 1.27. The lowest BCUT2D eigenvalue weighted by molar-refractivity contribution is -0.141. The van der Waals surface area contributed by atoms with E-state index in [1.54, 1.807) is 0 Å². The van der Waals surface area contributed by atoms with Crippen molar-refractivity contribution in [2.75, 3.05) is 36.5 Å². The number of hydrogen-bond acceptors (Lipinski definition) is 5. The number of anilines is 2. The molecule has 0 unspecified atom stereocenters. The molecule has 2 N–H and O–H groups in total. The van der Waals surface area contributed by atoms with Gasteiger partial charge in [-0.1, -0.05) is 18.2 Å². The third-order valence-electron chi connectivity index (χ3n) is 6.22. The van der Waals surface area contributed by atoms with Gasteiger partial charge in [-0.15, -0.1) is 0 Å². The van der Waals surface area contributed by atoms with E-state index in [1.165, 1.54) is 16.8 Å². The Morgan fingerprint density at radius 1 is 1.18 bits per heavy atom. The van der Waals surface area contributed by atoms with Crippen LogP contribution in [0.1, 0.15) is 18.5 Å². The molecule has 2 fully saturated rings. The number of aryl methyl sites for hydroxylation is 1. The quantitative estimate of drug-likeness (QED) is 0.694. The highest BCUT2D eigenvalue weighted by atomic mass is 19.4. The van der Waals surface area contributed by atoms with Crippen LogP contribution in [-0.2, 0) is 22.8 Å². The van der Waals surface area contributed by atoms with Gasteiger partial charge in [-0.2, -0.15) is 18.3 Å². The largest absolute Gasteiger partial charge is 0.465 e. The van der Waals surface area contributed by atoms with Crippen molar-refractivity contribution in [3.63, 3.8) is 0 Å². The molecule has 2 aliphatic rings. The van der Waals surface area contributed by atoms with E-state index >= 15 is 0 Å². The summed E-state index contributed by atoms with van der Waals surface area (Å²) >= 11 is 0. The zero-order valence-corrected chi connectivity index (χ0v) is 18.2. The van der Waals surface area contributed by atoms with Crippen molar-refractivity contribution in [2.24, 2.45) is 7.05 Å². The van der Waals surface area contributed by atoms with Gasteiger partial charge in [0, 0.05) is 31.9 Å². The minimum Gasteiger partial charge on any atom is -0.465 e. The van der Waals surface area contributed by atoms with Crippen LogP contribution in [0.4, 0.5) is 29.5 Å². The Hall–Kier alpha value is -3.77. The van der Waals surface area contributed by atoms with Gasteiger partial charge in [-0.25, -0.2) is 4.79 Å². The molecule has 10 nitrogen and oxygen atoms in total. The summed E-state index contributed by atoms with van der Waals surface area (Å²) in [4.78, 5) is 42.0. The topological polar surface area (TPSA) is 111 Å². The predicted molar refractivity (Wildman–Crippen MR) is 114 cm³/mol. The molecule has 3 amide bonds. The average Bonchev–Trinajstić information content (AvgIpc) is 3.28. The maximum atomic E-state index is 13.5. The lowest BCUT2D eigenvalue weighted by atomic mass is 9.85. The van der Waals surface area contributed by atoms with E-state index in [0.717, 1.165) is 16.4 Å². The molecule has 1 aromatic heterocycles. The number of likely N-dealkylation sites (tertiary alicyclic amines) is 1. The molecule has 2 aliphatic heterocycles. The zero-order valence-electron chi connectivity index (χ0n) is 18.2. The number of benzene rings is 1. The highest BCUT2D eigenvalue weighted by Crippen LogP contribution is 2.39. The Kier molecular flexibility index (Phi) is 5.87. The average molecular weight is 480 g/mol. The summed E-state index contributed by atoms with van der Waals surface area (Å²) in [6, 6.07) is 9.84. The minimum atomic E-state index is -4.65. The Balaban J connectivity index is 1.53. The van der Waals surface area contributed by atoms with Gasteiger partial charge in [0.1, 0.15) is 17.9 Å². The van der Waals surface area contributed by atoms with Crippen LogP contribution >= 0.6 is 0 Å². The van der Waals surface area contributed by atoms with Gasteiger partial charge in [0.05, 0.1) is 6.67 Å². The second kappa shape index (κ2) is 8.54. The number of hydrogen-bond donors (Lipinski definition) is 2. The van der Waals surface area contributed by atoms with Crippen molar-refractivity contribution in [3.05, 3.63) is 42.1 Å². The molecule has 1 aromatic carbocycles. The normalized spacial score (nSPS) is 18.0. The molecule has 0 bridgehead atoms. The van der Waals surface area contributed by atoms with E-state index in [-0.39, 0.29) is 50.9 Å². The number of para-hydroxylation sites is 1. The molecule has 13 heteroatoms. The van der Waals surface area contributed by atoms with Crippen LogP contribution in [0.25, 0.3) is 0 Å². The molecule has 0 radical (unpaired) electrons. The summed E-state index contributed by atoms with van der Waals surface area (Å²) in [5.41, 5.74) is -1.39. The van der Waals surface area contributed by atoms with Gasteiger partial charge >= 0.3 is 12.3 Å². The lowest BCUT2D eigenvalue weighted by Gasteiger charge is -2.42. The monoisotopic (exact) mass is 480 g/mol. The molecule has 34 heavy (non-hydrogen) atoms. The summed E-state index contributed by atoms with van der Waals surface area (Å²) in [6.45, 7) is 0.0426. The van der Waals surface area contributed by atoms with E-state index in [4.69, 9.17) is 0 Å². The number of carboxylic acid groups (broad SMARTS) is 1. The Morgan fingerprint density at radius 2 is 1.82 bits per heavy atom. The molecular formula is C21H23F3N6O4. The Bertz CT molecular complexity index is 1100. The first-order valence-corrected chi connectivity index (χ1v) is 10.5. The molecule has 3 heterocycles. The first kappa shape index (κ1) is 23.4. The number of aromatic nitrogens is 2. The van der Waals surface area contributed by atoms with Crippen LogP contribution in [-0.4, -0.2) is 74.4 Å². The fourth-order valence-electron chi connectivity index (χ4n) is 4.47. The number of amides is 3. The van der Waals surface area contributed by atoms with Crippen LogP contribution in [0.15, 0.2) is 36.4 Å². The van der Waals surface area contributed by atoms with Gasteiger partial charge < -0.3 is 25.1 Å². The molecule has 2 aromatic rings. The number of rotatable bonds is 4. The maximum absolute atomic E-state index is 13.5. The molecule has 182 valence electrons. The summed E-state index contributed by atoms with van der Waals surface area (Å²) < 4.78 is 39.6. The van der Waals surface area contributed by atoms with Crippen molar-refractivity contribution in [3.8, 4) is 0 Å². The smallest absolute Gasteiger partial charge is 0.435 e. The lowest BCUT2D eigenvalue weighted by Crippen LogP contribution is -2.57. The maximum Gasteiger partial charge on any atom is 0.435 e. The number of carbonyl (C=O) groups excluding carboxylic acids is 2. The van der Waals surface area contributed by atoms with E-state index in [1.807, 2.05) is 35.2 Å². The number of nitrogens with zero attached hydrogens (tertiary/aromatic N) is 5. The number of alkyl halides is 3. The van der Waals surface area contributed by atoms with Crippen LogP contribution in [0.3, 0.4) is 0 Å². The highest BCUT2D eigenvalue weighted by Gasteiger charge is 2.54. The number of halogens is 3. The molecule has 0 saturated carbocycles. The number of nitrogens with one attached hydrogen (secondary N) is 1. The van der Waals surface area contributed by atoms with Gasteiger partial charge in [-0.3, -0.25) is 14.3 Å². The van der Waals surface area contributed by atoms with Crippen molar-refractivity contribution >= 4 is 29.4 Å². The second-order valence-electron chi connectivity index (χ2n) is 8.29. The number of piperidine rings is 1. The van der Waals surface area contributed by atoms with Crippen molar-refractivity contribution in [2.45, 2.75) is 24.6 Å². The van der Waals surface area contributed by atoms with E-state index < -0.39 is 29.4 Å². The SMILES string of the molecule is Cn1nc(C(F)(F)F)cc1NC(=O)CN1CN(c2ccccc2)C2(CCN(C(=O)O)CC2)C1=O. The fraction of sp³-hybridized carbons (Fsp3) is 0.429. The first-order valence-electron chi connectivity index (χ1n) is 10.5. The standard InChI is InChI=1S/C21H23F3N6O4/c1-27-16(11-15(26-27)21(22,23)24)25-17(31)12-29-13-30(14-5-3-2-4-6-14)20(18(29)32)7-9-28(10-8-20)19(33)34/h2-6,11H,7-10,12-13H2,1H3,(H,25,31)(H,33,34). The fourth-order valence-corrected chi connectivity index (χ4v) is 4.47. The third kappa shape index (κ3) is 4.24. The van der Waals surface area contributed by atoms with Crippen molar-refractivity contribution in [1.82, 2.24) is 19.6 Å². The number of carbonyl (C=O) groups is 3. The zero-order chi connectivity index (χ0) is 24.7. The van der Waals surface area contributed by atoms with Crippen LogP contribution in [0.2, 0.25) is 0 Å². The van der Waals surface area contributed by atoms with E-state index in [0.29, 0.717) is 0 Å². The van der Waals surface area contributed by atoms with Gasteiger partial charge in [0.2, 0.25) is 5.91 Å². The van der Waals surface area contributed by atoms with Crippen LogP contribution in [0.5, 0.6) is 0 Å². The summed E-state index contributed by atoms with van der Waals surface area (Å²) in [6.07, 6.45) is -5.21. The molecule has 2 saturated heterocycles. The van der Waals surface area contributed by atoms with Crippen LogP contribution < -0.4 is 10.2 Å². The van der Waals surface area contributed by atoms with E-state index in [2.05, 4.69) is 10.4 Å². The summed E-state index contributed by atoms with van der Waals surface area (Å²) in [5.74, 6) is -1.14. The summed E-state index contributed by atoms with van der Waals surface area (Å²) in [5, 5.41) is 15.0. The Morgan fingerprint density at radius 3 is 2.38 bits per heavy atom. The molecule has 0 atom stereocenters. The highest BCUT2D eigenvalue weighted by molar-refractivity contribution is 5.99. The van der Waals surface area contributed by atoms with Gasteiger partial charge in [0.25, 0.3) is 5.91 Å². The van der Waals surface area contributed by atoms with Gasteiger partial charge in [-0.05, 0) is 25.0 Å². The minimum absolute atomic E-state index is 0.0858. The molecule has 1 spiro atoms. The van der Waals surface area contributed by atoms with Crippen molar-refractivity contribution < 1.29 is 32.7 Å². The second-order valence-corrected chi connectivity index (χ2v) is 8.29. The predicted octanol–water partition coefficient (Wildman–Crippen LogP) is 2.20. The van der Waals surface area contributed by atoms with Crippen LogP contribution in [0, 0.1) is 0 Å². The third-order valence-corrected chi connectivity index (χ3v) is 6.22. The Labute approximate surface area is 192 Å².